The molecule has 0 bridgehead atoms. The third-order valence-corrected chi connectivity index (χ3v) is 11.4. The second kappa shape index (κ2) is 9.35. The second-order valence-corrected chi connectivity index (χ2v) is 11.4. The first-order chi connectivity index (χ1) is 8.49. The summed E-state index contributed by atoms with van der Waals surface area (Å²) in [6, 6.07) is 0. The van der Waals surface area contributed by atoms with E-state index in [1.807, 2.05) is 0 Å². The highest BCUT2D eigenvalue weighted by atomic mass is 31.2. The van der Waals surface area contributed by atoms with E-state index in [4.69, 9.17) is 0 Å². The molecule has 0 radical (unpaired) electrons. The van der Waals surface area contributed by atoms with Crippen molar-refractivity contribution in [2.75, 3.05) is 18.5 Å². The third-order valence-electron chi connectivity index (χ3n) is 4.97. The van der Waals surface area contributed by atoms with Gasteiger partial charge in [-0.1, -0.05) is 47.0 Å². The fraction of sp³-hybridized carbons (Fsp3) is 1.00. The lowest BCUT2D eigenvalue weighted by molar-refractivity contribution is 0.641. The molecule has 0 saturated heterocycles. The molecule has 1 heteroatoms. The molecule has 0 aliphatic heterocycles. The molecule has 0 unspecified atom stereocenters. The van der Waals surface area contributed by atoms with E-state index in [0.717, 1.165) is 0 Å². The Morgan fingerprint density at radius 1 is 0.667 bits per heavy atom. The molecule has 0 aromatic carbocycles. The molecule has 110 valence electrons. The summed E-state index contributed by atoms with van der Waals surface area (Å²) in [7, 11) is -0.749. The Hall–Kier alpha value is 0.430. The predicted octanol–water partition coefficient (Wildman–Crippen LogP) is 6.59. The Kier molecular flexibility index (Phi) is 9.58. The summed E-state index contributed by atoms with van der Waals surface area (Å²) in [5.74, 6) is 0. The maximum absolute atomic E-state index is 2.57. The van der Waals surface area contributed by atoms with Crippen molar-refractivity contribution in [2.24, 2.45) is 0 Å². The van der Waals surface area contributed by atoms with Crippen LogP contribution in [-0.2, 0) is 0 Å². The zero-order chi connectivity index (χ0) is 14.1. The van der Waals surface area contributed by atoms with Crippen LogP contribution in [0.2, 0.25) is 0 Å². The van der Waals surface area contributed by atoms with Crippen molar-refractivity contribution in [3.05, 3.63) is 0 Å². The van der Waals surface area contributed by atoms with Crippen molar-refractivity contribution in [3.8, 4) is 0 Å². The van der Waals surface area contributed by atoms with E-state index in [1.54, 1.807) is 18.5 Å². The number of hydrogen-bond acceptors (Lipinski definition) is 0. The van der Waals surface area contributed by atoms with Crippen LogP contribution in [0, 0.1) is 0 Å². The average molecular weight is 273 g/mol. The minimum absolute atomic E-state index is 0.618. The van der Waals surface area contributed by atoms with Gasteiger partial charge in [-0.3, -0.25) is 0 Å². The van der Waals surface area contributed by atoms with Crippen LogP contribution in [0.5, 0.6) is 0 Å². The smallest absolute Gasteiger partial charge is 0.0652 e. The molecular weight excluding hydrogens is 235 g/mol. The highest BCUT2D eigenvalue weighted by Gasteiger charge is 2.48. The van der Waals surface area contributed by atoms with Crippen LogP contribution in [0.25, 0.3) is 0 Å². The minimum atomic E-state index is -0.749. The van der Waals surface area contributed by atoms with Gasteiger partial charge in [-0.15, -0.1) is 0 Å². The zero-order valence-electron chi connectivity index (χ0n) is 14.0. The quantitative estimate of drug-likeness (QED) is 0.372. The first kappa shape index (κ1) is 18.4. The third kappa shape index (κ3) is 5.20. The molecule has 18 heavy (non-hydrogen) atoms. The van der Waals surface area contributed by atoms with Crippen molar-refractivity contribution >= 4 is 7.26 Å². The van der Waals surface area contributed by atoms with Crippen LogP contribution in [0.1, 0.15) is 86.5 Å². The standard InChI is InChI=1S/C17H38P/c1-7-11-14-18(15-12-8-2,16-13-9-3)17(5,6)10-4/h7-16H2,1-6H3/q+1. The zero-order valence-corrected chi connectivity index (χ0v) is 14.9. The molecule has 0 atom stereocenters. The summed E-state index contributed by atoms with van der Waals surface area (Å²) in [4.78, 5) is 0. The lowest BCUT2D eigenvalue weighted by Gasteiger charge is -2.41. The molecule has 0 aliphatic carbocycles. The van der Waals surface area contributed by atoms with Crippen LogP contribution in [0.4, 0.5) is 0 Å². The SMILES string of the molecule is CCCC[P+](CCCC)(CCCC)C(C)(C)CC. The average Bonchev–Trinajstić information content (AvgIpc) is 2.38. The van der Waals surface area contributed by atoms with Gasteiger partial charge in [0, 0.05) is 7.26 Å². The topological polar surface area (TPSA) is 0 Å². The van der Waals surface area contributed by atoms with E-state index in [9.17, 15) is 0 Å². The molecular formula is C17H38P+. The summed E-state index contributed by atoms with van der Waals surface area (Å²) in [5.41, 5.74) is 0. The molecule has 0 heterocycles. The highest BCUT2D eigenvalue weighted by Crippen LogP contribution is 2.71. The van der Waals surface area contributed by atoms with Gasteiger partial charge in [0.05, 0.1) is 23.6 Å². The summed E-state index contributed by atoms with van der Waals surface area (Å²) < 4.78 is 0. The van der Waals surface area contributed by atoms with E-state index < -0.39 is 7.26 Å². The second-order valence-electron chi connectivity index (χ2n) is 6.54. The highest BCUT2D eigenvalue weighted by molar-refractivity contribution is 7.77. The Balaban J connectivity index is 4.97. The van der Waals surface area contributed by atoms with Gasteiger partial charge in [0.25, 0.3) is 0 Å². The molecule has 0 N–H and O–H groups in total. The Bertz CT molecular complexity index is 174. The van der Waals surface area contributed by atoms with Gasteiger partial charge in [0.2, 0.25) is 0 Å². The van der Waals surface area contributed by atoms with E-state index >= 15 is 0 Å². The van der Waals surface area contributed by atoms with Gasteiger partial charge in [-0.05, 0) is 39.5 Å². The van der Waals surface area contributed by atoms with Gasteiger partial charge in [0.1, 0.15) is 0 Å². The summed E-state index contributed by atoms with van der Waals surface area (Å²) in [6.45, 7) is 14.6. The van der Waals surface area contributed by atoms with Crippen molar-refractivity contribution in [3.63, 3.8) is 0 Å². The molecule has 0 nitrogen and oxygen atoms in total. The molecule has 0 fully saturated rings. The Labute approximate surface area is 118 Å². The largest absolute Gasteiger partial charge is 0.0741 e. The summed E-state index contributed by atoms with van der Waals surface area (Å²) >= 11 is 0. The van der Waals surface area contributed by atoms with Gasteiger partial charge in [0.15, 0.2) is 0 Å². The predicted molar refractivity (Wildman–Crippen MR) is 90.6 cm³/mol. The van der Waals surface area contributed by atoms with Crippen LogP contribution in [-0.4, -0.2) is 23.6 Å². The molecule has 0 spiro atoms. The number of hydrogen-bond donors (Lipinski definition) is 0. The summed E-state index contributed by atoms with van der Waals surface area (Å²) in [6.07, 6.45) is 14.6. The lowest BCUT2D eigenvalue weighted by Crippen LogP contribution is -2.30. The summed E-state index contributed by atoms with van der Waals surface area (Å²) in [5, 5.41) is 0.618. The Morgan fingerprint density at radius 2 is 1.00 bits per heavy atom. The van der Waals surface area contributed by atoms with E-state index in [0.29, 0.717) is 5.16 Å². The van der Waals surface area contributed by atoms with Crippen molar-refractivity contribution in [1.29, 1.82) is 0 Å². The number of unbranched alkanes of at least 4 members (excludes halogenated alkanes) is 3. The van der Waals surface area contributed by atoms with Gasteiger partial charge < -0.3 is 0 Å². The van der Waals surface area contributed by atoms with Gasteiger partial charge >= 0.3 is 0 Å². The van der Waals surface area contributed by atoms with Crippen LogP contribution < -0.4 is 0 Å². The first-order valence-corrected chi connectivity index (χ1v) is 10.7. The maximum Gasteiger partial charge on any atom is 0.0741 e. The van der Waals surface area contributed by atoms with E-state index in [-0.39, 0.29) is 0 Å². The molecule has 0 aromatic heterocycles. The van der Waals surface area contributed by atoms with Crippen molar-refractivity contribution < 1.29 is 0 Å². The van der Waals surface area contributed by atoms with E-state index in [1.165, 1.54) is 44.9 Å². The van der Waals surface area contributed by atoms with Crippen molar-refractivity contribution in [2.45, 2.75) is 91.6 Å². The molecule has 0 aromatic rings. The first-order valence-electron chi connectivity index (χ1n) is 8.35. The van der Waals surface area contributed by atoms with Crippen molar-refractivity contribution in [1.82, 2.24) is 0 Å². The normalized spacial score (nSPS) is 13.0. The van der Waals surface area contributed by atoms with Crippen LogP contribution >= 0.6 is 7.26 Å². The van der Waals surface area contributed by atoms with Gasteiger partial charge in [-0.2, -0.15) is 0 Å². The fourth-order valence-electron chi connectivity index (χ4n) is 2.96. The molecule has 0 saturated carbocycles. The van der Waals surface area contributed by atoms with E-state index in [2.05, 4.69) is 41.5 Å². The van der Waals surface area contributed by atoms with Crippen LogP contribution in [0.15, 0.2) is 0 Å². The molecule has 0 amide bonds. The Morgan fingerprint density at radius 3 is 1.22 bits per heavy atom. The minimum Gasteiger partial charge on any atom is -0.0652 e. The molecule has 0 aliphatic rings. The molecule has 0 rings (SSSR count). The van der Waals surface area contributed by atoms with Gasteiger partial charge in [-0.25, -0.2) is 0 Å². The maximum atomic E-state index is 2.57. The lowest BCUT2D eigenvalue weighted by atomic mass is 10.1. The number of rotatable bonds is 11. The fourth-order valence-corrected chi connectivity index (χ4v) is 8.88. The van der Waals surface area contributed by atoms with Crippen LogP contribution in [0.3, 0.4) is 0 Å². The monoisotopic (exact) mass is 273 g/mol.